The SMILES string of the molecule is OC(C1CCCCC1)C1CCOCC1. The molecule has 14 heavy (non-hydrogen) atoms. The van der Waals surface area contributed by atoms with Gasteiger partial charge in [-0.1, -0.05) is 19.3 Å². The zero-order valence-electron chi connectivity index (χ0n) is 8.95. The summed E-state index contributed by atoms with van der Waals surface area (Å²) in [6, 6.07) is 0. The summed E-state index contributed by atoms with van der Waals surface area (Å²) in [5.41, 5.74) is 0. The Morgan fingerprint density at radius 1 is 0.857 bits per heavy atom. The lowest BCUT2D eigenvalue weighted by Crippen LogP contribution is -2.34. The molecule has 2 nitrogen and oxygen atoms in total. The average molecular weight is 198 g/mol. The summed E-state index contributed by atoms with van der Waals surface area (Å²) in [6.07, 6.45) is 8.61. The van der Waals surface area contributed by atoms with Crippen LogP contribution in [-0.4, -0.2) is 24.4 Å². The summed E-state index contributed by atoms with van der Waals surface area (Å²) in [7, 11) is 0. The summed E-state index contributed by atoms with van der Waals surface area (Å²) >= 11 is 0. The molecule has 1 atom stereocenters. The Labute approximate surface area is 86.6 Å². The van der Waals surface area contributed by atoms with Crippen LogP contribution < -0.4 is 0 Å². The van der Waals surface area contributed by atoms with Crippen LogP contribution in [-0.2, 0) is 4.74 Å². The summed E-state index contributed by atoms with van der Waals surface area (Å²) in [5.74, 6) is 1.11. The molecule has 2 rings (SSSR count). The van der Waals surface area contributed by atoms with Crippen molar-refractivity contribution in [3.8, 4) is 0 Å². The molecule has 1 N–H and O–H groups in total. The van der Waals surface area contributed by atoms with Crippen LogP contribution >= 0.6 is 0 Å². The first-order valence-electron chi connectivity index (χ1n) is 6.14. The van der Waals surface area contributed by atoms with E-state index in [1.807, 2.05) is 0 Å². The van der Waals surface area contributed by atoms with Crippen LogP contribution in [0.1, 0.15) is 44.9 Å². The summed E-state index contributed by atoms with van der Waals surface area (Å²) in [5, 5.41) is 10.2. The number of rotatable bonds is 2. The summed E-state index contributed by atoms with van der Waals surface area (Å²) in [4.78, 5) is 0. The third-order valence-corrected chi connectivity index (χ3v) is 3.88. The first kappa shape index (κ1) is 10.4. The van der Waals surface area contributed by atoms with Crippen molar-refractivity contribution in [3.05, 3.63) is 0 Å². The molecule has 1 saturated carbocycles. The second-order valence-corrected chi connectivity index (χ2v) is 4.84. The van der Waals surface area contributed by atoms with Crippen LogP contribution in [0.2, 0.25) is 0 Å². The highest BCUT2D eigenvalue weighted by atomic mass is 16.5. The molecule has 0 aromatic rings. The number of hydrogen-bond acceptors (Lipinski definition) is 2. The van der Waals surface area contributed by atoms with E-state index in [1.165, 1.54) is 32.1 Å². The van der Waals surface area contributed by atoms with Gasteiger partial charge in [0.05, 0.1) is 6.10 Å². The first-order valence-corrected chi connectivity index (χ1v) is 6.14. The van der Waals surface area contributed by atoms with Gasteiger partial charge < -0.3 is 9.84 Å². The highest BCUT2D eigenvalue weighted by molar-refractivity contribution is 4.80. The van der Waals surface area contributed by atoms with Gasteiger partial charge in [0, 0.05) is 13.2 Å². The Balaban J connectivity index is 1.82. The van der Waals surface area contributed by atoms with Crippen LogP contribution in [0.3, 0.4) is 0 Å². The molecule has 1 aliphatic heterocycles. The van der Waals surface area contributed by atoms with Crippen molar-refractivity contribution in [2.45, 2.75) is 51.0 Å². The average Bonchev–Trinajstić information content (AvgIpc) is 2.30. The van der Waals surface area contributed by atoms with Gasteiger partial charge >= 0.3 is 0 Å². The van der Waals surface area contributed by atoms with Crippen molar-refractivity contribution in [3.63, 3.8) is 0 Å². The predicted octanol–water partition coefficient (Wildman–Crippen LogP) is 2.35. The second-order valence-electron chi connectivity index (χ2n) is 4.84. The van der Waals surface area contributed by atoms with Crippen molar-refractivity contribution in [2.75, 3.05) is 13.2 Å². The topological polar surface area (TPSA) is 29.5 Å². The normalized spacial score (nSPS) is 28.9. The number of hydrogen-bond donors (Lipinski definition) is 1. The summed E-state index contributed by atoms with van der Waals surface area (Å²) < 4.78 is 5.33. The lowest BCUT2D eigenvalue weighted by molar-refractivity contribution is -0.0250. The Morgan fingerprint density at radius 3 is 2.07 bits per heavy atom. The second kappa shape index (κ2) is 5.13. The van der Waals surface area contributed by atoms with Crippen molar-refractivity contribution >= 4 is 0 Å². The molecule has 0 spiro atoms. The van der Waals surface area contributed by atoms with Crippen LogP contribution in [0.15, 0.2) is 0 Å². The van der Waals surface area contributed by atoms with E-state index < -0.39 is 0 Å². The maximum atomic E-state index is 10.2. The van der Waals surface area contributed by atoms with E-state index >= 15 is 0 Å². The van der Waals surface area contributed by atoms with Crippen molar-refractivity contribution in [1.29, 1.82) is 0 Å². The Morgan fingerprint density at radius 2 is 1.43 bits per heavy atom. The highest BCUT2D eigenvalue weighted by Crippen LogP contribution is 2.32. The molecule has 2 heteroatoms. The molecule has 0 radical (unpaired) electrons. The van der Waals surface area contributed by atoms with Gasteiger partial charge in [0.15, 0.2) is 0 Å². The van der Waals surface area contributed by atoms with Crippen molar-refractivity contribution in [1.82, 2.24) is 0 Å². The van der Waals surface area contributed by atoms with Crippen LogP contribution in [0.25, 0.3) is 0 Å². The summed E-state index contributed by atoms with van der Waals surface area (Å²) in [6.45, 7) is 1.71. The maximum absolute atomic E-state index is 10.2. The lowest BCUT2D eigenvalue weighted by Gasteiger charge is -2.34. The number of ether oxygens (including phenoxy) is 1. The van der Waals surface area contributed by atoms with Crippen molar-refractivity contribution < 1.29 is 9.84 Å². The molecule has 1 aliphatic carbocycles. The Bertz CT molecular complexity index is 140. The lowest BCUT2D eigenvalue weighted by atomic mass is 9.78. The molecule has 0 aromatic carbocycles. The molecule has 2 fully saturated rings. The van der Waals surface area contributed by atoms with Crippen LogP contribution in [0.4, 0.5) is 0 Å². The predicted molar refractivity (Wildman–Crippen MR) is 56.1 cm³/mol. The third-order valence-electron chi connectivity index (χ3n) is 3.88. The fourth-order valence-corrected chi connectivity index (χ4v) is 2.92. The van der Waals surface area contributed by atoms with Crippen LogP contribution in [0, 0.1) is 11.8 Å². The minimum absolute atomic E-state index is 0.0424. The van der Waals surface area contributed by atoms with Gasteiger partial charge in [0.25, 0.3) is 0 Å². The zero-order valence-corrected chi connectivity index (χ0v) is 8.95. The molecule has 0 aromatic heterocycles. The monoisotopic (exact) mass is 198 g/mol. The molecule has 2 aliphatic rings. The number of aliphatic hydroxyl groups excluding tert-OH is 1. The quantitative estimate of drug-likeness (QED) is 0.738. The van der Waals surface area contributed by atoms with Gasteiger partial charge in [-0.15, -0.1) is 0 Å². The molecule has 1 unspecified atom stereocenters. The zero-order chi connectivity index (χ0) is 9.80. The Kier molecular flexibility index (Phi) is 3.82. The van der Waals surface area contributed by atoms with E-state index in [2.05, 4.69) is 0 Å². The Hall–Kier alpha value is -0.0800. The third kappa shape index (κ3) is 2.48. The van der Waals surface area contributed by atoms with E-state index in [0.717, 1.165) is 26.1 Å². The van der Waals surface area contributed by atoms with Crippen LogP contribution in [0.5, 0.6) is 0 Å². The van der Waals surface area contributed by atoms with E-state index in [0.29, 0.717) is 11.8 Å². The van der Waals surface area contributed by atoms with Crippen molar-refractivity contribution in [2.24, 2.45) is 11.8 Å². The van der Waals surface area contributed by atoms with Gasteiger partial charge in [0.1, 0.15) is 0 Å². The molecule has 82 valence electrons. The maximum Gasteiger partial charge on any atom is 0.0598 e. The van der Waals surface area contributed by atoms with Gasteiger partial charge in [0.2, 0.25) is 0 Å². The fraction of sp³-hybridized carbons (Fsp3) is 1.00. The first-order chi connectivity index (χ1) is 6.88. The van der Waals surface area contributed by atoms with E-state index in [4.69, 9.17) is 4.74 Å². The van der Waals surface area contributed by atoms with E-state index in [9.17, 15) is 5.11 Å². The molecular formula is C12H22O2. The minimum Gasteiger partial charge on any atom is -0.393 e. The fourth-order valence-electron chi connectivity index (χ4n) is 2.92. The largest absolute Gasteiger partial charge is 0.393 e. The number of aliphatic hydroxyl groups is 1. The van der Waals surface area contributed by atoms with E-state index in [-0.39, 0.29) is 6.10 Å². The van der Waals surface area contributed by atoms with Gasteiger partial charge in [-0.2, -0.15) is 0 Å². The molecule has 0 amide bonds. The molecular weight excluding hydrogens is 176 g/mol. The highest BCUT2D eigenvalue weighted by Gasteiger charge is 2.29. The van der Waals surface area contributed by atoms with E-state index in [1.54, 1.807) is 0 Å². The molecule has 1 heterocycles. The van der Waals surface area contributed by atoms with Gasteiger partial charge in [-0.25, -0.2) is 0 Å². The standard InChI is InChI=1S/C12H22O2/c13-12(10-4-2-1-3-5-10)11-6-8-14-9-7-11/h10-13H,1-9H2. The smallest absolute Gasteiger partial charge is 0.0598 e. The molecule has 1 saturated heterocycles. The minimum atomic E-state index is -0.0424. The van der Waals surface area contributed by atoms with Gasteiger partial charge in [-0.3, -0.25) is 0 Å². The van der Waals surface area contributed by atoms with Gasteiger partial charge in [-0.05, 0) is 37.5 Å². The molecule has 0 bridgehead atoms.